The Morgan fingerprint density at radius 3 is 2.62 bits per heavy atom. The third kappa shape index (κ3) is 4.39. The van der Waals surface area contributed by atoms with Gasteiger partial charge in [0.05, 0.1) is 11.3 Å². The number of carbonyl (C=O) groups is 1. The molecule has 0 radical (unpaired) electrons. The normalized spacial score (nSPS) is 13.9. The van der Waals surface area contributed by atoms with Gasteiger partial charge in [-0.1, -0.05) is 25.5 Å². The summed E-state index contributed by atoms with van der Waals surface area (Å²) in [5.41, 5.74) is 4.69. The molecule has 1 fully saturated rings. The average Bonchev–Trinajstić information content (AvgIpc) is 3.14. The van der Waals surface area contributed by atoms with Crippen molar-refractivity contribution in [3.63, 3.8) is 0 Å². The lowest BCUT2D eigenvalue weighted by molar-refractivity contribution is -0.116. The van der Waals surface area contributed by atoms with E-state index >= 15 is 0 Å². The van der Waals surface area contributed by atoms with Gasteiger partial charge in [-0.25, -0.2) is 4.98 Å². The number of thiazole rings is 1. The first-order valence-corrected chi connectivity index (χ1v) is 10.1. The summed E-state index contributed by atoms with van der Waals surface area (Å²) in [6.07, 6.45) is 7.00. The lowest BCUT2D eigenvalue weighted by atomic mass is 9.91. The van der Waals surface area contributed by atoms with Gasteiger partial charge in [-0.3, -0.25) is 4.79 Å². The van der Waals surface area contributed by atoms with E-state index in [0.29, 0.717) is 6.42 Å². The van der Waals surface area contributed by atoms with Crippen LogP contribution in [0.3, 0.4) is 0 Å². The molecular formula is C21H23N3OS. The van der Waals surface area contributed by atoms with Gasteiger partial charge in [0.25, 0.3) is 0 Å². The minimum atomic E-state index is 0.0361. The Labute approximate surface area is 158 Å². The molecule has 5 heteroatoms. The molecule has 1 heterocycles. The maximum absolute atomic E-state index is 11.7. The van der Waals surface area contributed by atoms with Crippen LogP contribution in [-0.2, 0) is 4.79 Å². The number of hydrogen-bond donors (Lipinski definition) is 1. The van der Waals surface area contributed by atoms with Gasteiger partial charge in [-0.15, -0.1) is 11.3 Å². The lowest BCUT2D eigenvalue weighted by Gasteiger charge is -2.14. The van der Waals surface area contributed by atoms with Crippen LogP contribution in [0.25, 0.3) is 16.8 Å². The summed E-state index contributed by atoms with van der Waals surface area (Å²) in [5.74, 6) is 0.0361. The number of nitrogens with zero attached hydrogens (tertiary/aromatic N) is 2. The van der Waals surface area contributed by atoms with Crippen molar-refractivity contribution < 1.29 is 4.79 Å². The molecule has 26 heavy (non-hydrogen) atoms. The lowest BCUT2D eigenvalue weighted by Crippen LogP contribution is -2.10. The molecule has 134 valence electrons. The minimum Gasteiger partial charge on any atom is -0.326 e. The van der Waals surface area contributed by atoms with E-state index in [1.165, 1.54) is 36.2 Å². The van der Waals surface area contributed by atoms with E-state index in [1.807, 2.05) is 36.6 Å². The molecule has 3 rings (SSSR count). The third-order valence-corrected chi connectivity index (χ3v) is 5.44. The Morgan fingerprint density at radius 1 is 1.23 bits per heavy atom. The van der Waals surface area contributed by atoms with E-state index in [-0.39, 0.29) is 5.91 Å². The van der Waals surface area contributed by atoms with Gasteiger partial charge in [0.2, 0.25) is 5.91 Å². The predicted octanol–water partition coefficient (Wildman–Crippen LogP) is 5.79. The molecule has 0 bridgehead atoms. The Bertz CT molecular complexity index is 835. The first kappa shape index (κ1) is 18.3. The number of hydrogen-bond acceptors (Lipinski definition) is 4. The second-order valence-corrected chi connectivity index (χ2v) is 7.42. The molecule has 0 atom stereocenters. The summed E-state index contributed by atoms with van der Waals surface area (Å²) in [7, 11) is 0. The molecule has 0 spiro atoms. The first-order valence-electron chi connectivity index (χ1n) is 9.19. The Balaban J connectivity index is 1.77. The summed E-state index contributed by atoms with van der Waals surface area (Å²) in [6, 6.07) is 10.1. The Hall–Kier alpha value is -2.45. The van der Waals surface area contributed by atoms with Crippen molar-refractivity contribution in [3.8, 4) is 17.3 Å². The molecular weight excluding hydrogens is 342 g/mol. The van der Waals surface area contributed by atoms with E-state index in [0.717, 1.165) is 46.8 Å². The van der Waals surface area contributed by atoms with Gasteiger partial charge in [0.15, 0.2) is 0 Å². The standard InChI is InChI=1S/C21H23N3OS/c1-2-6-20(25)23-17-11-9-16(10-12-17)19-14-26-21(24-19)18(13-22)15-7-4-3-5-8-15/h9-12,14H,2-8H2,1H3,(H,23,25). The molecule has 1 aliphatic rings. The van der Waals surface area contributed by atoms with Crippen LogP contribution < -0.4 is 5.32 Å². The number of rotatable bonds is 5. The van der Waals surface area contributed by atoms with Crippen LogP contribution in [0.5, 0.6) is 0 Å². The molecule has 1 aromatic carbocycles. The molecule has 1 amide bonds. The van der Waals surface area contributed by atoms with Crippen molar-refractivity contribution in [2.24, 2.45) is 0 Å². The van der Waals surface area contributed by atoms with Crippen molar-refractivity contribution >= 4 is 28.5 Å². The van der Waals surface area contributed by atoms with Crippen LogP contribution in [0.1, 0.15) is 56.9 Å². The fraction of sp³-hybridized carbons (Fsp3) is 0.381. The van der Waals surface area contributed by atoms with E-state index < -0.39 is 0 Å². The number of allylic oxidation sites excluding steroid dienone is 2. The van der Waals surface area contributed by atoms with E-state index in [2.05, 4.69) is 11.4 Å². The molecule has 1 aromatic heterocycles. The number of nitrogens with one attached hydrogen (secondary N) is 1. The summed E-state index contributed by atoms with van der Waals surface area (Å²) < 4.78 is 0. The first-order chi connectivity index (χ1) is 12.7. The number of carbonyl (C=O) groups excluding carboxylic acids is 1. The van der Waals surface area contributed by atoms with Crippen LogP contribution in [0.2, 0.25) is 0 Å². The maximum atomic E-state index is 11.7. The second-order valence-electron chi connectivity index (χ2n) is 6.56. The predicted molar refractivity (Wildman–Crippen MR) is 107 cm³/mol. The highest BCUT2D eigenvalue weighted by atomic mass is 32.1. The van der Waals surface area contributed by atoms with Gasteiger partial charge in [-0.05, 0) is 49.8 Å². The van der Waals surface area contributed by atoms with Gasteiger partial charge in [0, 0.05) is 23.1 Å². The number of anilines is 1. The second kappa shape index (κ2) is 8.77. The molecule has 0 saturated heterocycles. The monoisotopic (exact) mass is 365 g/mol. The van der Waals surface area contributed by atoms with Crippen LogP contribution in [0.15, 0.2) is 35.2 Å². The van der Waals surface area contributed by atoms with Crippen molar-refractivity contribution in [1.82, 2.24) is 4.98 Å². The minimum absolute atomic E-state index is 0.0361. The molecule has 4 nitrogen and oxygen atoms in total. The quantitative estimate of drug-likeness (QED) is 0.682. The van der Waals surface area contributed by atoms with Crippen LogP contribution in [0, 0.1) is 11.3 Å². The molecule has 1 N–H and O–H groups in total. The SMILES string of the molecule is CCCC(=O)Nc1ccc(-c2csc(C(C#N)=C3CCCCC3)n2)cc1. The molecule has 0 unspecified atom stereocenters. The van der Waals surface area contributed by atoms with E-state index in [9.17, 15) is 10.1 Å². The molecule has 1 saturated carbocycles. The van der Waals surface area contributed by atoms with Crippen LogP contribution in [0.4, 0.5) is 5.69 Å². The van der Waals surface area contributed by atoms with E-state index in [1.54, 1.807) is 0 Å². The zero-order valence-corrected chi connectivity index (χ0v) is 15.9. The smallest absolute Gasteiger partial charge is 0.224 e. The van der Waals surface area contributed by atoms with Crippen LogP contribution >= 0.6 is 11.3 Å². The summed E-state index contributed by atoms with van der Waals surface area (Å²) in [4.78, 5) is 16.4. The van der Waals surface area contributed by atoms with Crippen molar-refractivity contribution in [3.05, 3.63) is 40.2 Å². The highest BCUT2D eigenvalue weighted by Crippen LogP contribution is 2.33. The largest absolute Gasteiger partial charge is 0.326 e. The van der Waals surface area contributed by atoms with E-state index in [4.69, 9.17) is 4.98 Å². The topological polar surface area (TPSA) is 65.8 Å². The fourth-order valence-corrected chi connectivity index (χ4v) is 4.07. The number of aromatic nitrogens is 1. The highest BCUT2D eigenvalue weighted by molar-refractivity contribution is 7.11. The van der Waals surface area contributed by atoms with Gasteiger partial charge < -0.3 is 5.32 Å². The summed E-state index contributed by atoms with van der Waals surface area (Å²) in [6.45, 7) is 1.99. The molecule has 0 aliphatic heterocycles. The fourth-order valence-electron chi connectivity index (χ4n) is 3.20. The summed E-state index contributed by atoms with van der Waals surface area (Å²) in [5, 5.41) is 15.3. The van der Waals surface area contributed by atoms with Gasteiger partial charge in [-0.2, -0.15) is 5.26 Å². The van der Waals surface area contributed by atoms with Crippen LogP contribution in [-0.4, -0.2) is 10.9 Å². The zero-order chi connectivity index (χ0) is 18.4. The van der Waals surface area contributed by atoms with Gasteiger partial charge in [0.1, 0.15) is 11.1 Å². The third-order valence-electron chi connectivity index (χ3n) is 4.58. The Kier molecular flexibility index (Phi) is 6.19. The average molecular weight is 366 g/mol. The number of amides is 1. The summed E-state index contributed by atoms with van der Waals surface area (Å²) >= 11 is 1.53. The maximum Gasteiger partial charge on any atom is 0.224 e. The zero-order valence-electron chi connectivity index (χ0n) is 15.0. The van der Waals surface area contributed by atoms with Crippen molar-refractivity contribution in [2.75, 3.05) is 5.32 Å². The van der Waals surface area contributed by atoms with Gasteiger partial charge >= 0.3 is 0 Å². The van der Waals surface area contributed by atoms with Crippen molar-refractivity contribution in [1.29, 1.82) is 5.26 Å². The number of nitriles is 1. The molecule has 2 aromatic rings. The highest BCUT2D eigenvalue weighted by Gasteiger charge is 2.16. The Morgan fingerprint density at radius 2 is 1.96 bits per heavy atom. The van der Waals surface area contributed by atoms with Crippen molar-refractivity contribution in [2.45, 2.75) is 51.9 Å². The molecule has 1 aliphatic carbocycles. The number of benzene rings is 1.